The fourth-order valence-electron chi connectivity index (χ4n) is 4.52. The summed E-state index contributed by atoms with van der Waals surface area (Å²) in [6, 6.07) is 9.19. The number of carbonyl (C=O) groups is 1. The first-order valence-corrected chi connectivity index (χ1v) is 15.9. The van der Waals surface area contributed by atoms with Crippen molar-refractivity contribution in [1.82, 2.24) is 4.31 Å². The Morgan fingerprint density at radius 1 is 1.02 bits per heavy atom. The van der Waals surface area contributed by atoms with Crippen molar-refractivity contribution in [3.05, 3.63) is 80.7 Å². The highest BCUT2D eigenvalue weighted by atomic mass is 35.5. The highest BCUT2D eigenvalue weighted by molar-refractivity contribution is 7.69. The molecule has 2 aromatic carbocycles. The maximum absolute atomic E-state index is 13.2. The Bertz CT molecular complexity index is 1580. The van der Waals surface area contributed by atoms with E-state index in [0.29, 0.717) is 21.8 Å². The van der Waals surface area contributed by atoms with Crippen molar-refractivity contribution < 1.29 is 50.4 Å². The van der Waals surface area contributed by atoms with E-state index in [2.05, 4.69) is 4.74 Å². The average Bonchev–Trinajstić information content (AvgIpc) is 3.84. The summed E-state index contributed by atoms with van der Waals surface area (Å²) in [5, 5.41) is 11.8. The molecule has 0 radical (unpaired) electrons. The van der Waals surface area contributed by atoms with E-state index in [1.165, 1.54) is 32.4 Å². The number of rotatable bonds is 17. The van der Waals surface area contributed by atoms with Gasteiger partial charge in [0.2, 0.25) is 10.9 Å². The number of hydrogen-bond acceptors (Lipinski definition) is 9. The molecule has 0 saturated heterocycles. The normalized spacial score (nSPS) is 13.6. The van der Waals surface area contributed by atoms with Gasteiger partial charge in [-0.25, -0.2) is 8.42 Å². The molecular weight excluding hydrogens is 673 g/mol. The Morgan fingerprint density at radius 2 is 1.70 bits per heavy atom. The number of pyridine rings is 1. The van der Waals surface area contributed by atoms with Gasteiger partial charge in [-0.05, 0) is 60.6 Å². The molecule has 46 heavy (non-hydrogen) atoms. The third-order valence-electron chi connectivity index (χ3n) is 7.10. The van der Waals surface area contributed by atoms with Crippen LogP contribution >= 0.6 is 23.2 Å². The van der Waals surface area contributed by atoms with E-state index >= 15 is 0 Å². The molecule has 1 unspecified atom stereocenters. The smallest absolute Gasteiger partial charge is 0.387 e. The van der Waals surface area contributed by atoms with Gasteiger partial charge in [-0.1, -0.05) is 35.3 Å². The first kappa shape index (κ1) is 35.3. The maximum Gasteiger partial charge on any atom is 0.387 e. The third kappa shape index (κ3) is 9.95. The topological polar surface area (TPSA) is 128 Å². The number of methoxy groups -OCH3 is 2. The van der Waals surface area contributed by atoms with Crippen molar-refractivity contribution in [3.63, 3.8) is 0 Å². The molecule has 0 amide bonds. The second kappa shape index (κ2) is 16.3. The Kier molecular flexibility index (Phi) is 12.5. The van der Waals surface area contributed by atoms with Gasteiger partial charge in [0.25, 0.3) is 0 Å². The molecule has 4 rings (SSSR count). The number of carbonyl (C=O) groups excluding carboxylic acids is 1. The van der Waals surface area contributed by atoms with Crippen LogP contribution in [0.4, 0.5) is 8.78 Å². The number of benzene rings is 2. The second-order valence-corrected chi connectivity index (χ2v) is 12.2. The highest BCUT2D eigenvalue weighted by Gasteiger charge is 2.27. The standard InChI is InChI=1S/C30H32Cl2F2N2O9S/c1-41-24-7-5-18(11-27(24)42-2)9-10-36(46(39)40)16-29(37)44-26(13-21-22(31)14-35(38)15-23(21)32)20-6-8-25(45-30(33)34)28(12-20)43-17-19-3-4-19/h5-8,11-12,14-15,19,26,30,46H,3-4,9-10,13,16-17H2,1-2H3. The van der Waals surface area contributed by atoms with Crippen molar-refractivity contribution >= 4 is 40.1 Å². The molecule has 0 bridgehead atoms. The zero-order valence-electron chi connectivity index (χ0n) is 24.8. The molecule has 0 aliphatic heterocycles. The van der Waals surface area contributed by atoms with Gasteiger partial charge in [0, 0.05) is 18.5 Å². The van der Waals surface area contributed by atoms with Crippen LogP contribution in [0.2, 0.25) is 10.0 Å². The second-order valence-electron chi connectivity index (χ2n) is 10.4. The molecule has 0 spiro atoms. The van der Waals surface area contributed by atoms with Gasteiger partial charge >= 0.3 is 12.6 Å². The minimum Gasteiger partial charge on any atom is -0.619 e. The predicted octanol–water partition coefficient (Wildman–Crippen LogP) is 4.93. The molecule has 1 heterocycles. The van der Waals surface area contributed by atoms with Crippen LogP contribution in [0, 0.1) is 11.1 Å². The van der Waals surface area contributed by atoms with Crippen LogP contribution in [-0.2, 0) is 33.3 Å². The largest absolute Gasteiger partial charge is 0.619 e. The minimum atomic E-state index is -3.19. The van der Waals surface area contributed by atoms with Gasteiger partial charge in [0.15, 0.2) is 35.4 Å². The number of aromatic nitrogens is 1. The van der Waals surface area contributed by atoms with Crippen LogP contribution in [0.25, 0.3) is 0 Å². The molecule has 250 valence electrons. The first-order valence-electron chi connectivity index (χ1n) is 14.0. The van der Waals surface area contributed by atoms with Gasteiger partial charge in [0.1, 0.15) is 22.7 Å². The SMILES string of the molecule is COc1ccc(CCN(CC(=O)OC(Cc2c(Cl)c[n+]([O-])cc2Cl)c2ccc(OC(F)F)c(OCC3CC3)c2)[SH](=O)=O)cc1OC. The van der Waals surface area contributed by atoms with Gasteiger partial charge in [-0.2, -0.15) is 17.8 Å². The van der Waals surface area contributed by atoms with E-state index in [1.807, 2.05) is 0 Å². The monoisotopic (exact) mass is 704 g/mol. The minimum absolute atomic E-state index is 0.00703. The third-order valence-corrected chi connectivity index (χ3v) is 8.55. The van der Waals surface area contributed by atoms with Crippen LogP contribution in [0.1, 0.15) is 35.6 Å². The fourth-order valence-corrected chi connectivity index (χ4v) is 5.61. The number of thiol groups is 1. The summed E-state index contributed by atoms with van der Waals surface area (Å²) in [6.45, 7) is -3.51. The zero-order valence-corrected chi connectivity index (χ0v) is 27.2. The van der Waals surface area contributed by atoms with Crippen LogP contribution < -0.4 is 23.7 Å². The molecule has 3 aromatic rings. The summed E-state index contributed by atoms with van der Waals surface area (Å²) >= 11 is 12.6. The molecular formula is C30H32Cl2F2N2O9S. The van der Waals surface area contributed by atoms with Crippen LogP contribution in [-0.4, -0.2) is 59.2 Å². The number of halogens is 4. The summed E-state index contributed by atoms with van der Waals surface area (Å²) in [7, 11) is -0.218. The summed E-state index contributed by atoms with van der Waals surface area (Å²) in [5.41, 5.74) is 1.30. The van der Waals surface area contributed by atoms with Crippen LogP contribution in [0.5, 0.6) is 23.0 Å². The Morgan fingerprint density at radius 3 is 2.30 bits per heavy atom. The average molecular weight is 706 g/mol. The Hall–Kier alpha value is -3.59. The fraction of sp³-hybridized carbons (Fsp3) is 0.400. The summed E-state index contributed by atoms with van der Waals surface area (Å²) < 4.78 is 78.4. The molecule has 1 atom stereocenters. The molecule has 1 aliphatic carbocycles. The Balaban J connectivity index is 1.57. The zero-order chi connectivity index (χ0) is 33.4. The van der Waals surface area contributed by atoms with Crippen molar-refractivity contribution in [1.29, 1.82) is 0 Å². The van der Waals surface area contributed by atoms with Crippen molar-refractivity contribution in [2.45, 2.75) is 38.4 Å². The van der Waals surface area contributed by atoms with E-state index in [1.54, 1.807) is 18.2 Å². The number of alkyl halides is 2. The van der Waals surface area contributed by atoms with E-state index in [0.717, 1.165) is 35.1 Å². The molecule has 1 fully saturated rings. The lowest BCUT2D eigenvalue weighted by Crippen LogP contribution is -2.32. The van der Waals surface area contributed by atoms with E-state index < -0.39 is 36.1 Å². The Labute approximate surface area is 276 Å². The number of nitrogens with zero attached hydrogens (tertiary/aromatic N) is 2. The molecule has 1 saturated carbocycles. The molecule has 11 nitrogen and oxygen atoms in total. The number of hydrogen-bond donors (Lipinski definition) is 1. The van der Waals surface area contributed by atoms with E-state index in [9.17, 15) is 27.2 Å². The summed E-state index contributed by atoms with van der Waals surface area (Å²) in [4.78, 5) is 13.2. The molecule has 1 aliphatic rings. The van der Waals surface area contributed by atoms with Gasteiger partial charge in [-0.3, -0.25) is 4.79 Å². The number of ether oxygens (including phenoxy) is 5. The molecule has 1 aromatic heterocycles. The lowest BCUT2D eigenvalue weighted by molar-refractivity contribution is -0.605. The van der Waals surface area contributed by atoms with Crippen molar-refractivity contribution in [2.24, 2.45) is 5.92 Å². The first-order chi connectivity index (χ1) is 22.0. The van der Waals surface area contributed by atoms with Crippen LogP contribution in [0.3, 0.4) is 0 Å². The highest BCUT2D eigenvalue weighted by Crippen LogP contribution is 2.38. The van der Waals surface area contributed by atoms with Gasteiger partial charge in [0.05, 0.1) is 20.8 Å². The van der Waals surface area contributed by atoms with E-state index in [4.69, 9.17) is 42.1 Å². The quantitative estimate of drug-likeness (QED) is 0.0901. The lowest BCUT2D eigenvalue weighted by Gasteiger charge is -2.23. The van der Waals surface area contributed by atoms with Gasteiger partial charge in [-0.15, -0.1) is 0 Å². The van der Waals surface area contributed by atoms with Gasteiger partial charge < -0.3 is 28.9 Å². The lowest BCUT2D eigenvalue weighted by atomic mass is 10.0. The van der Waals surface area contributed by atoms with E-state index in [-0.39, 0.29) is 59.0 Å². The maximum atomic E-state index is 13.2. The van der Waals surface area contributed by atoms with Crippen molar-refractivity contribution in [3.8, 4) is 23.0 Å². The van der Waals surface area contributed by atoms with Crippen molar-refractivity contribution in [2.75, 3.05) is 33.9 Å². The van der Waals surface area contributed by atoms with Crippen LogP contribution in [0.15, 0.2) is 48.8 Å². The predicted molar refractivity (Wildman–Crippen MR) is 164 cm³/mol. The molecule has 16 heteroatoms. The number of esters is 1. The molecule has 0 N–H and O–H groups in total. The summed E-state index contributed by atoms with van der Waals surface area (Å²) in [5.74, 6) is 0.144. The summed E-state index contributed by atoms with van der Waals surface area (Å²) in [6.07, 6.45) is 2.99.